The van der Waals surface area contributed by atoms with Gasteiger partial charge in [0.25, 0.3) is 10.0 Å². The lowest BCUT2D eigenvalue weighted by atomic mass is 10.3. The molecule has 1 aromatic carbocycles. The number of sulfonamides is 1. The highest BCUT2D eigenvalue weighted by molar-refractivity contribution is 7.93. The van der Waals surface area contributed by atoms with Crippen LogP contribution in [0.15, 0.2) is 40.6 Å². The van der Waals surface area contributed by atoms with Gasteiger partial charge in [-0.1, -0.05) is 19.1 Å². The summed E-state index contributed by atoms with van der Waals surface area (Å²) in [6.07, 6.45) is 0. The average molecular weight is 328 g/mol. The van der Waals surface area contributed by atoms with Gasteiger partial charge in [0.15, 0.2) is 0 Å². The van der Waals surface area contributed by atoms with Crippen LogP contribution < -0.4 is 9.62 Å². The molecule has 0 aliphatic rings. The van der Waals surface area contributed by atoms with E-state index in [1.54, 1.807) is 17.5 Å². The number of rotatable bonds is 6. The van der Waals surface area contributed by atoms with E-state index in [1.165, 1.54) is 36.6 Å². The molecule has 0 spiro atoms. The van der Waals surface area contributed by atoms with Crippen molar-refractivity contribution in [3.05, 3.63) is 46.4 Å². The first kappa shape index (κ1) is 15.9. The molecule has 0 radical (unpaired) electrons. The van der Waals surface area contributed by atoms with Crippen LogP contribution in [0.3, 0.4) is 0 Å². The second kappa shape index (κ2) is 6.55. The molecule has 0 unspecified atom stereocenters. The largest absolute Gasteiger partial charge is 0.312 e. The van der Waals surface area contributed by atoms with Crippen LogP contribution in [0.2, 0.25) is 0 Å². The SMILES string of the molecule is CCNCc1sccc1S(=O)(=O)N(C)c1ccccc1F. The van der Waals surface area contributed by atoms with E-state index in [0.29, 0.717) is 6.54 Å². The minimum atomic E-state index is -3.77. The number of hydrogen-bond acceptors (Lipinski definition) is 4. The molecular weight excluding hydrogens is 311 g/mol. The second-order valence-electron chi connectivity index (χ2n) is 4.41. The minimum absolute atomic E-state index is 0.0399. The molecule has 7 heteroatoms. The Kier molecular flexibility index (Phi) is 4.97. The maximum absolute atomic E-state index is 13.8. The maximum Gasteiger partial charge on any atom is 0.265 e. The smallest absolute Gasteiger partial charge is 0.265 e. The molecule has 2 rings (SSSR count). The van der Waals surface area contributed by atoms with E-state index in [9.17, 15) is 12.8 Å². The van der Waals surface area contributed by atoms with Gasteiger partial charge in [0.05, 0.1) is 5.69 Å². The summed E-state index contributed by atoms with van der Waals surface area (Å²) < 4.78 is 40.1. The van der Waals surface area contributed by atoms with Crippen molar-refractivity contribution < 1.29 is 12.8 Å². The molecule has 1 aromatic heterocycles. The van der Waals surface area contributed by atoms with Crippen molar-refractivity contribution in [1.29, 1.82) is 0 Å². The van der Waals surface area contributed by atoms with Crippen molar-refractivity contribution in [1.82, 2.24) is 5.32 Å². The number of nitrogens with zero attached hydrogens (tertiary/aromatic N) is 1. The first-order valence-corrected chi connectivity index (χ1v) is 8.81. The van der Waals surface area contributed by atoms with Crippen LogP contribution in [0.1, 0.15) is 11.8 Å². The van der Waals surface area contributed by atoms with Gasteiger partial charge in [-0.15, -0.1) is 11.3 Å². The van der Waals surface area contributed by atoms with E-state index < -0.39 is 15.8 Å². The molecule has 1 N–H and O–H groups in total. The number of halogens is 1. The number of anilines is 1. The van der Waals surface area contributed by atoms with Crippen LogP contribution in [0.25, 0.3) is 0 Å². The Morgan fingerprint density at radius 1 is 1.29 bits per heavy atom. The van der Waals surface area contributed by atoms with Crippen LogP contribution in [0, 0.1) is 5.82 Å². The summed E-state index contributed by atoms with van der Waals surface area (Å²) in [4.78, 5) is 0.944. The summed E-state index contributed by atoms with van der Waals surface area (Å²) in [5.74, 6) is -0.563. The summed E-state index contributed by atoms with van der Waals surface area (Å²) in [6, 6.07) is 7.39. The fourth-order valence-corrected chi connectivity index (χ4v) is 4.50. The number of benzene rings is 1. The molecule has 0 aliphatic carbocycles. The lowest BCUT2D eigenvalue weighted by molar-refractivity contribution is 0.588. The third-order valence-corrected chi connectivity index (χ3v) is 5.98. The lowest BCUT2D eigenvalue weighted by Crippen LogP contribution is -2.28. The first-order valence-electron chi connectivity index (χ1n) is 6.49. The summed E-state index contributed by atoms with van der Waals surface area (Å²) in [5, 5.41) is 4.84. The molecule has 0 aliphatic heterocycles. The van der Waals surface area contributed by atoms with Crippen LogP contribution in [-0.2, 0) is 16.6 Å². The van der Waals surface area contributed by atoms with E-state index in [2.05, 4.69) is 5.32 Å². The molecule has 21 heavy (non-hydrogen) atoms. The third-order valence-electron chi connectivity index (χ3n) is 3.07. The predicted molar refractivity (Wildman–Crippen MR) is 83.7 cm³/mol. The van der Waals surface area contributed by atoms with Gasteiger partial charge in [-0.3, -0.25) is 4.31 Å². The monoisotopic (exact) mass is 328 g/mol. The van der Waals surface area contributed by atoms with E-state index in [-0.39, 0.29) is 10.6 Å². The zero-order valence-electron chi connectivity index (χ0n) is 11.8. The van der Waals surface area contributed by atoms with E-state index in [4.69, 9.17) is 0 Å². The molecule has 4 nitrogen and oxygen atoms in total. The summed E-state index contributed by atoms with van der Waals surface area (Å²) in [6.45, 7) is 3.18. The zero-order chi connectivity index (χ0) is 15.5. The summed E-state index contributed by atoms with van der Waals surface area (Å²) in [7, 11) is -2.40. The first-order chi connectivity index (χ1) is 9.98. The third kappa shape index (κ3) is 3.25. The predicted octanol–water partition coefficient (Wildman–Crippen LogP) is 2.82. The summed E-state index contributed by atoms with van der Waals surface area (Å²) in [5.41, 5.74) is 0.0399. The second-order valence-corrected chi connectivity index (χ2v) is 7.35. The number of thiophene rings is 1. The fraction of sp³-hybridized carbons (Fsp3) is 0.286. The number of para-hydroxylation sites is 1. The Labute approximate surface area is 128 Å². The Hall–Kier alpha value is -1.44. The Morgan fingerprint density at radius 2 is 2.00 bits per heavy atom. The number of nitrogens with one attached hydrogen (secondary N) is 1. The van der Waals surface area contributed by atoms with Gasteiger partial charge in [-0.05, 0) is 30.1 Å². The molecule has 2 aromatic rings. The van der Waals surface area contributed by atoms with Gasteiger partial charge in [-0.25, -0.2) is 12.8 Å². The molecule has 0 saturated heterocycles. The quantitative estimate of drug-likeness (QED) is 0.887. The van der Waals surface area contributed by atoms with Crippen LogP contribution >= 0.6 is 11.3 Å². The van der Waals surface area contributed by atoms with Gasteiger partial charge in [0.1, 0.15) is 10.7 Å². The molecule has 0 fully saturated rings. The maximum atomic E-state index is 13.8. The van der Waals surface area contributed by atoms with Crippen molar-refractivity contribution in [3.63, 3.8) is 0 Å². The van der Waals surface area contributed by atoms with Gasteiger partial charge >= 0.3 is 0 Å². The Morgan fingerprint density at radius 3 is 2.67 bits per heavy atom. The molecule has 0 amide bonds. The van der Waals surface area contributed by atoms with E-state index in [1.807, 2.05) is 6.92 Å². The molecule has 0 saturated carbocycles. The molecule has 0 bridgehead atoms. The van der Waals surface area contributed by atoms with Crippen molar-refractivity contribution in [2.75, 3.05) is 17.9 Å². The Bertz CT molecular complexity index is 713. The topological polar surface area (TPSA) is 49.4 Å². The number of hydrogen-bond donors (Lipinski definition) is 1. The van der Waals surface area contributed by atoms with Crippen molar-refractivity contribution in [2.24, 2.45) is 0 Å². The average Bonchev–Trinajstić information content (AvgIpc) is 2.94. The van der Waals surface area contributed by atoms with Crippen LogP contribution in [0.5, 0.6) is 0 Å². The van der Waals surface area contributed by atoms with Crippen molar-refractivity contribution in [3.8, 4) is 0 Å². The van der Waals surface area contributed by atoms with Crippen LogP contribution in [-0.4, -0.2) is 22.0 Å². The lowest BCUT2D eigenvalue weighted by Gasteiger charge is -2.20. The van der Waals surface area contributed by atoms with E-state index >= 15 is 0 Å². The van der Waals surface area contributed by atoms with E-state index in [0.717, 1.165) is 15.7 Å². The van der Waals surface area contributed by atoms with Crippen molar-refractivity contribution in [2.45, 2.75) is 18.4 Å². The highest BCUT2D eigenvalue weighted by atomic mass is 32.2. The van der Waals surface area contributed by atoms with Gasteiger partial charge in [0.2, 0.25) is 0 Å². The zero-order valence-corrected chi connectivity index (χ0v) is 13.5. The normalized spacial score (nSPS) is 11.6. The summed E-state index contributed by atoms with van der Waals surface area (Å²) >= 11 is 1.37. The van der Waals surface area contributed by atoms with Crippen molar-refractivity contribution >= 4 is 27.0 Å². The van der Waals surface area contributed by atoms with Crippen LogP contribution in [0.4, 0.5) is 10.1 Å². The molecule has 114 valence electrons. The standard InChI is InChI=1S/C14H17FN2O2S2/c1-3-16-10-13-14(8-9-20-13)21(18,19)17(2)12-7-5-4-6-11(12)15/h4-9,16H,3,10H2,1-2H3. The minimum Gasteiger partial charge on any atom is -0.312 e. The molecule has 1 heterocycles. The van der Waals surface area contributed by atoms with Gasteiger partial charge in [-0.2, -0.15) is 0 Å². The highest BCUT2D eigenvalue weighted by Crippen LogP contribution is 2.29. The highest BCUT2D eigenvalue weighted by Gasteiger charge is 2.26. The fourth-order valence-electron chi connectivity index (χ4n) is 1.91. The molecular formula is C14H17FN2O2S2. The molecule has 0 atom stereocenters. The Balaban J connectivity index is 2.38. The van der Waals surface area contributed by atoms with Gasteiger partial charge in [0, 0.05) is 18.5 Å². The van der Waals surface area contributed by atoms with Gasteiger partial charge < -0.3 is 5.32 Å².